The average Bonchev–Trinajstić information content (AvgIpc) is 2.20. The zero-order chi connectivity index (χ0) is 12.6. The molecule has 0 saturated carbocycles. The van der Waals surface area contributed by atoms with E-state index in [9.17, 15) is 0 Å². The van der Waals surface area contributed by atoms with Crippen LogP contribution in [-0.2, 0) is 0 Å². The smallest absolute Gasteiger partial charge is 0.299 e. The predicted molar refractivity (Wildman–Crippen MR) is 72.8 cm³/mol. The minimum Gasteiger partial charge on any atom is -0.311 e. The topological polar surface area (TPSA) is 15.6 Å². The van der Waals surface area contributed by atoms with Crippen molar-refractivity contribution in [2.45, 2.75) is 39.5 Å². The van der Waals surface area contributed by atoms with Crippen LogP contribution in [0.3, 0.4) is 0 Å². The molecule has 96 valence electrons. The molecule has 0 rings (SSSR count). The molecule has 3 heteroatoms. The quantitative estimate of drug-likeness (QED) is 0.387. The molecular weight excluding hydrogens is 198 g/mol. The predicted octanol–water partition coefficient (Wildman–Crippen LogP) is 2.58. The molecule has 0 aliphatic rings. The number of rotatable bonds is 6. The molecule has 0 N–H and O–H groups in total. The zero-order valence-corrected chi connectivity index (χ0v) is 12.1. The Hall–Kier alpha value is -0.570. The van der Waals surface area contributed by atoms with Crippen molar-refractivity contribution in [1.29, 1.82) is 0 Å². The molecule has 16 heavy (non-hydrogen) atoms. The molecule has 0 aliphatic carbocycles. The van der Waals surface area contributed by atoms with Crippen LogP contribution < -0.4 is 0 Å². The van der Waals surface area contributed by atoms with E-state index in [1.165, 1.54) is 31.6 Å². The molecule has 0 radical (unpaired) electrons. The largest absolute Gasteiger partial charge is 0.311 e. The van der Waals surface area contributed by atoms with Gasteiger partial charge >= 0.3 is 0 Å². The van der Waals surface area contributed by atoms with Gasteiger partial charge in [0.05, 0.1) is 21.1 Å². The normalized spacial score (nSPS) is 13.0. The number of aliphatic imine (C=N–C) groups is 1. The van der Waals surface area contributed by atoms with Crippen LogP contribution in [-0.4, -0.2) is 56.6 Å². The number of hydrogen-bond acceptors (Lipinski definition) is 1. The van der Waals surface area contributed by atoms with Gasteiger partial charge in [-0.25, -0.2) is 4.99 Å². The van der Waals surface area contributed by atoms with Gasteiger partial charge < -0.3 is 4.90 Å². The summed E-state index contributed by atoms with van der Waals surface area (Å²) in [4.78, 5) is 6.93. The maximum atomic E-state index is 4.48. The lowest BCUT2D eigenvalue weighted by Gasteiger charge is -2.33. The molecule has 0 bridgehead atoms. The van der Waals surface area contributed by atoms with Crippen LogP contribution in [0.1, 0.15) is 39.5 Å². The van der Waals surface area contributed by atoms with Gasteiger partial charge in [-0.2, -0.15) is 0 Å². The van der Waals surface area contributed by atoms with Gasteiger partial charge in [0.25, 0.3) is 5.96 Å². The third kappa shape index (κ3) is 5.50. The van der Waals surface area contributed by atoms with Gasteiger partial charge in [-0.05, 0) is 12.8 Å². The molecular formula is C13H30N3+. The van der Waals surface area contributed by atoms with Crippen molar-refractivity contribution in [3.63, 3.8) is 0 Å². The highest BCUT2D eigenvalue weighted by atomic mass is 15.5. The molecule has 0 saturated heterocycles. The fraction of sp³-hybridized carbons (Fsp3) is 0.923. The number of quaternary nitrogens is 1. The first kappa shape index (κ1) is 15.4. The van der Waals surface area contributed by atoms with Crippen LogP contribution in [0.5, 0.6) is 0 Å². The second-order valence-corrected chi connectivity index (χ2v) is 5.23. The SMILES string of the molecule is CCCCN(CCCC)/C(=N\C)[N+](C)(C)C. The van der Waals surface area contributed by atoms with Crippen molar-refractivity contribution >= 4 is 5.96 Å². The first-order valence-corrected chi connectivity index (χ1v) is 6.51. The Morgan fingerprint density at radius 2 is 1.44 bits per heavy atom. The van der Waals surface area contributed by atoms with E-state index < -0.39 is 0 Å². The molecule has 0 aromatic heterocycles. The van der Waals surface area contributed by atoms with Crippen LogP contribution >= 0.6 is 0 Å². The summed E-state index contributed by atoms with van der Waals surface area (Å²) in [7, 11) is 8.47. The lowest BCUT2D eigenvalue weighted by Crippen LogP contribution is -2.52. The minimum atomic E-state index is 0.809. The van der Waals surface area contributed by atoms with Crippen LogP contribution in [0.15, 0.2) is 4.99 Å². The van der Waals surface area contributed by atoms with Gasteiger partial charge in [-0.15, -0.1) is 0 Å². The summed E-state index contributed by atoms with van der Waals surface area (Å²) >= 11 is 0. The highest BCUT2D eigenvalue weighted by Gasteiger charge is 2.23. The van der Waals surface area contributed by atoms with Crippen molar-refractivity contribution in [1.82, 2.24) is 4.90 Å². The standard InChI is InChI=1S/C13H30N3/c1-7-9-11-15(12-10-8-2)13(14-3)16(4,5)6/h7-12H2,1-6H3/q+1/b14-13+. The summed E-state index contributed by atoms with van der Waals surface area (Å²) in [5, 5.41) is 0. The summed E-state index contributed by atoms with van der Waals surface area (Å²) in [5.74, 6) is 1.20. The minimum absolute atomic E-state index is 0.809. The molecule has 0 unspecified atom stereocenters. The van der Waals surface area contributed by atoms with Crippen LogP contribution in [0, 0.1) is 0 Å². The molecule has 0 aromatic rings. The Balaban J connectivity index is 4.57. The van der Waals surface area contributed by atoms with Gasteiger partial charge in [0.15, 0.2) is 0 Å². The van der Waals surface area contributed by atoms with Gasteiger partial charge in [0, 0.05) is 20.1 Å². The van der Waals surface area contributed by atoms with Gasteiger partial charge in [0.2, 0.25) is 0 Å². The lowest BCUT2D eigenvalue weighted by molar-refractivity contribution is -0.783. The number of guanidine groups is 1. The van der Waals surface area contributed by atoms with E-state index in [-0.39, 0.29) is 0 Å². The van der Waals surface area contributed by atoms with Gasteiger partial charge in [-0.3, -0.25) is 4.48 Å². The highest BCUT2D eigenvalue weighted by molar-refractivity contribution is 5.72. The second kappa shape index (κ2) is 7.66. The third-order valence-electron chi connectivity index (χ3n) is 2.65. The number of hydrogen-bond donors (Lipinski definition) is 0. The summed E-state index contributed by atoms with van der Waals surface area (Å²) in [6.45, 7) is 6.76. The second-order valence-electron chi connectivity index (χ2n) is 5.23. The van der Waals surface area contributed by atoms with Gasteiger partial charge in [-0.1, -0.05) is 26.7 Å². The fourth-order valence-electron chi connectivity index (χ4n) is 1.88. The molecule has 0 aromatic carbocycles. The summed E-state index contributed by atoms with van der Waals surface area (Å²) in [6.07, 6.45) is 5.00. The Morgan fingerprint density at radius 1 is 1.00 bits per heavy atom. The van der Waals surface area contributed by atoms with E-state index >= 15 is 0 Å². The highest BCUT2D eigenvalue weighted by Crippen LogP contribution is 2.06. The fourth-order valence-corrected chi connectivity index (χ4v) is 1.88. The number of nitrogens with zero attached hydrogens (tertiary/aromatic N) is 3. The van der Waals surface area contributed by atoms with Crippen molar-refractivity contribution in [2.24, 2.45) is 4.99 Å². The Labute approximate surface area is 102 Å². The van der Waals surface area contributed by atoms with Gasteiger partial charge in [0.1, 0.15) is 0 Å². The molecule has 3 nitrogen and oxygen atoms in total. The maximum Gasteiger partial charge on any atom is 0.299 e. The molecule has 0 aliphatic heterocycles. The van der Waals surface area contributed by atoms with E-state index in [0.717, 1.165) is 17.6 Å². The third-order valence-corrected chi connectivity index (χ3v) is 2.65. The van der Waals surface area contributed by atoms with Crippen molar-refractivity contribution in [2.75, 3.05) is 41.3 Å². The Kier molecular flexibility index (Phi) is 7.39. The van der Waals surface area contributed by atoms with E-state index in [1.807, 2.05) is 7.05 Å². The zero-order valence-electron chi connectivity index (χ0n) is 12.1. The van der Waals surface area contributed by atoms with Crippen molar-refractivity contribution < 1.29 is 4.48 Å². The van der Waals surface area contributed by atoms with E-state index in [1.54, 1.807) is 0 Å². The first-order valence-electron chi connectivity index (χ1n) is 6.51. The monoisotopic (exact) mass is 228 g/mol. The first-order chi connectivity index (χ1) is 7.47. The molecule has 0 atom stereocenters. The van der Waals surface area contributed by atoms with E-state index in [0.29, 0.717) is 0 Å². The van der Waals surface area contributed by atoms with Crippen LogP contribution in [0.4, 0.5) is 0 Å². The Morgan fingerprint density at radius 3 is 1.69 bits per heavy atom. The van der Waals surface area contributed by atoms with Crippen molar-refractivity contribution in [3.05, 3.63) is 0 Å². The lowest BCUT2D eigenvalue weighted by atomic mass is 10.2. The van der Waals surface area contributed by atoms with E-state index in [4.69, 9.17) is 0 Å². The van der Waals surface area contributed by atoms with Crippen LogP contribution in [0.2, 0.25) is 0 Å². The summed E-state index contributed by atoms with van der Waals surface area (Å²) in [6, 6.07) is 0. The molecule has 0 heterocycles. The van der Waals surface area contributed by atoms with Crippen LogP contribution in [0.25, 0.3) is 0 Å². The molecule has 0 fully saturated rings. The number of unbranched alkanes of at least 4 members (excludes halogenated alkanes) is 2. The molecule has 0 amide bonds. The average molecular weight is 228 g/mol. The summed E-state index contributed by atoms with van der Waals surface area (Å²) < 4.78 is 0.809. The maximum absolute atomic E-state index is 4.48. The molecule has 0 spiro atoms. The Bertz CT molecular complexity index is 196. The van der Waals surface area contributed by atoms with E-state index in [2.05, 4.69) is 44.9 Å². The van der Waals surface area contributed by atoms with Crippen molar-refractivity contribution in [3.8, 4) is 0 Å². The summed E-state index contributed by atoms with van der Waals surface area (Å²) in [5.41, 5.74) is 0.